The number of halogens is 2. The Morgan fingerprint density at radius 2 is 2.15 bits per heavy atom. The summed E-state index contributed by atoms with van der Waals surface area (Å²) in [6, 6.07) is 4.00. The van der Waals surface area contributed by atoms with Gasteiger partial charge in [-0.15, -0.1) is 0 Å². The lowest BCUT2D eigenvalue weighted by molar-refractivity contribution is -0.143. The van der Waals surface area contributed by atoms with Gasteiger partial charge in [-0.25, -0.2) is 4.79 Å². The summed E-state index contributed by atoms with van der Waals surface area (Å²) in [5.74, 6) is -1.10. The third-order valence-electron chi connectivity index (χ3n) is 2.59. The molecule has 7 heteroatoms. The molecule has 0 aromatic heterocycles. The number of carboxylic acids is 1. The van der Waals surface area contributed by atoms with Gasteiger partial charge in [0.15, 0.2) is 6.10 Å². The molecule has 2 N–H and O–H groups in total. The molecule has 0 aliphatic carbocycles. The van der Waals surface area contributed by atoms with E-state index in [1.807, 2.05) is 0 Å². The van der Waals surface area contributed by atoms with Gasteiger partial charge in [-0.1, -0.05) is 18.5 Å². The Labute approximate surface area is 130 Å². The van der Waals surface area contributed by atoms with E-state index < -0.39 is 24.0 Å². The summed E-state index contributed by atoms with van der Waals surface area (Å²) in [5.41, 5.74) is 0. The minimum Gasteiger partial charge on any atom is -0.480 e. The number of hydrogen-bond acceptors (Lipinski definition) is 3. The van der Waals surface area contributed by atoms with E-state index in [4.69, 9.17) is 21.4 Å². The molecular formula is C13H15BrClNO4. The number of aliphatic carboxylic acids is 1. The minimum atomic E-state index is -1.07. The Morgan fingerprint density at radius 3 is 2.65 bits per heavy atom. The second-order valence-corrected chi connectivity index (χ2v) is 5.43. The number of hydrogen-bond donors (Lipinski definition) is 2. The summed E-state index contributed by atoms with van der Waals surface area (Å²) >= 11 is 9.09. The van der Waals surface area contributed by atoms with Crippen LogP contribution in [0.25, 0.3) is 0 Å². The van der Waals surface area contributed by atoms with E-state index in [0.29, 0.717) is 21.7 Å². The van der Waals surface area contributed by atoms with Crippen LogP contribution in [0.5, 0.6) is 5.75 Å². The molecule has 1 rings (SSSR count). The second kappa shape index (κ2) is 7.50. The molecule has 0 saturated carbocycles. The maximum absolute atomic E-state index is 11.9. The van der Waals surface area contributed by atoms with Crippen molar-refractivity contribution in [2.45, 2.75) is 32.4 Å². The third kappa shape index (κ3) is 4.68. The lowest BCUT2D eigenvalue weighted by atomic mass is 10.2. The minimum absolute atomic E-state index is 0.304. The molecule has 1 aromatic rings. The van der Waals surface area contributed by atoms with E-state index >= 15 is 0 Å². The van der Waals surface area contributed by atoms with Crippen LogP contribution in [0.1, 0.15) is 20.3 Å². The van der Waals surface area contributed by atoms with Gasteiger partial charge in [0, 0.05) is 5.02 Å². The fourth-order valence-electron chi connectivity index (χ4n) is 1.44. The van der Waals surface area contributed by atoms with Gasteiger partial charge in [0.1, 0.15) is 11.8 Å². The largest absolute Gasteiger partial charge is 0.480 e. The standard InChI is InChI=1S/C13H15BrClNO4/c1-3-10(13(18)19)16-12(17)7(2)20-11-5-4-8(15)6-9(11)14/h4-7,10H,3H2,1-2H3,(H,16,17)(H,18,19). The average Bonchev–Trinajstić information content (AvgIpc) is 2.38. The lowest BCUT2D eigenvalue weighted by Crippen LogP contribution is -2.45. The van der Waals surface area contributed by atoms with Crippen molar-refractivity contribution >= 4 is 39.4 Å². The summed E-state index contributed by atoms with van der Waals surface area (Å²) in [4.78, 5) is 22.7. The van der Waals surface area contributed by atoms with E-state index in [-0.39, 0.29) is 0 Å². The predicted molar refractivity (Wildman–Crippen MR) is 79.1 cm³/mol. The van der Waals surface area contributed by atoms with Gasteiger partial charge in [-0.05, 0) is 47.5 Å². The quantitative estimate of drug-likeness (QED) is 0.814. The van der Waals surface area contributed by atoms with Crippen molar-refractivity contribution < 1.29 is 19.4 Å². The Morgan fingerprint density at radius 1 is 1.50 bits per heavy atom. The van der Waals surface area contributed by atoms with Crippen LogP contribution >= 0.6 is 27.5 Å². The average molecular weight is 365 g/mol. The number of carbonyl (C=O) groups excluding carboxylic acids is 1. The Hall–Kier alpha value is -1.27. The molecule has 5 nitrogen and oxygen atoms in total. The van der Waals surface area contributed by atoms with Crippen LogP contribution in [-0.2, 0) is 9.59 Å². The number of ether oxygens (including phenoxy) is 1. The van der Waals surface area contributed by atoms with E-state index in [1.165, 1.54) is 0 Å². The van der Waals surface area contributed by atoms with Crippen LogP contribution in [0, 0.1) is 0 Å². The second-order valence-electron chi connectivity index (χ2n) is 4.14. The van der Waals surface area contributed by atoms with Crippen LogP contribution in [0.15, 0.2) is 22.7 Å². The molecule has 0 radical (unpaired) electrons. The fraction of sp³-hybridized carbons (Fsp3) is 0.385. The lowest BCUT2D eigenvalue weighted by Gasteiger charge is -2.18. The molecule has 0 spiro atoms. The topological polar surface area (TPSA) is 75.6 Å². The first-order chi connectivity index (χ1) is 9.35. The van der Waals surface area contributed by atoms with Crippen LogP contribution in [0.4, 0.5) is 0 Å². The number of carbonyl (C=O) groups is 2. The maximum Gasteiger partial charge on any atom is 0.326 e. The summed E-state index contributed by atoms with van der Waals surface area (Å²) in [6.45, 7) is 3.23. The van der Waals surface area contributed by atoms with Gasteiger partial charge in [0.25, 0.3) is 5.91 Å². The third-order valence-corrected chi connectivity index (χ3v) is 3.44. The first kappa shape index (κ1) is 16.8. The number of nitrogens with one attached hydrogen (secondary N) is 1. The molecule has 20 heavy (non-hydrogen) atoms. The SMILES string of the molecule is CCC(NC(=O)C(C)Oc1ccc(Cl)cc1Br)C(=O)O. The van der Waals surface area contributed by atoms with Crippen molar-refractivity contribution in [3.63, 3.8) is 0 Å². The molecule has 0 heterocycles. The van der Waals surface area contributed by atoms with Gasteiger partial charge in [0.2, 0.25) is 0 Å². The number of carboxylic acid groups (broad SMARTS) is 1. The van der Waals surface area contributed by atoms with Gasteiger partial charge in [-0.2, -0.15) is 0 Å². The van der Waals surface area contributed by atoms with Crippen molar-refractivity contribution in [3.8, 4) is 5.75 Å². The van der Waals surface area contributed by atoms with Gasteiger partial charge < -0.3 is 15.2 Å². The summed E-state index contributed by atoms with van der Waals surface area (Å²) in [7, 11) is 0. The zero-order valence-corrected chi connectivity index (χ0v) is 13.4. The van der Waals surface area contributed by atoms with E-state index in [0.717, 1.165) is 0 Å². The van der Waals surface area contributed by atoms with E-state index in [1.54, 1.807) is 32.0 Å². The Bertz CT molecular complexity index is 509. The van der Waals surface area contributed by atoms with Crippen LogP contribution in [-0.4, -0.2) is 29.1 Å². The molecule has 2 unspecified atom stereocenters. The molecule has 1 aromatic carbocycles. The highest BCUT2D eigenvalue weighted by Gasteiger charge is 2.22. The van der Waals surface area contributed by atoms with Crippen molar-refractivity contribution in [1.29, 1.82) is 0 Å². The smallest absolute Gasteiger partial charge is 0.326 e. The van der Waals surface area contributed by atoms with Gasteiger partial charge >= 0.3 is 5.97 Å². The molecule has 1 amide bonds. The molecule has 0 fully saturated rings. The predicted octanol–water partition coefficient (Wildman–Crippen LogP) is 2.85. The van der Waals surface area contributed by atoms with Crippen molar-refractivity contribution in [2.75, 3.05) is 0 Å². The number of benzene rings is 1. The van der Waals surface area contributed by atoms with Crippen LogP contribution < -0.4 is 10.1 Å². The fourth-order valence-corrected chi connectivity index (χ4v) is 2.22. The summed E-state index contributed by atoms with van der Waals surface area (Å²) in [5, 5.41) is 11.8. The zero-order valence-electron chi connectivity index (χ0n) is 11.0. The van der Waals surface area contributed by atoms with Gasteiger partial charge in [0.05, 0.1) is 4.47 Å². The Kier molecular flexibility index (Phi) is 6.29. The Balaban J connectivity index is 2.68. The van der Waals surface area contributed by atoms with Crippen molar-refractivity contribution in [1.82, 2.24) is 5.32 Å². The molecule has 0 bridgehead atoms. The van der Waals surface area contributed by atoms with Crippen molar-refractivity contribution in [3.05, 3.63) is 27.7 Å². The normalized spacial score (nSPS) is 13.4. The monoisotopic (exact) mass is 363 g/mol. The molecule has 2 atom stereocenters. The van der Waals surface area contributed by atoms with Crippen LogP contribution in [0.3, 0.4) is 0 Å². The highest BCUT2D eigenvalue weighted by Crippen LogP contribution is 2.28. The van der Waals surface area contributed by atoms with Crippen LogP contribution in [0.2, 0.25) is 5.02 Å². The number of rotatable bonds is 6. The molecule has 0 saturated heterocycles. The maximum atomic E-state index is 11.9. The zero-order chi connectivity index (χ0) is 15.3. The molecule has 110 valence electrons. The molecule has 0 aliphatic rings. The summed E-state index contributed by atoms with van der Waals surface area (Å²) in [6.07, 6.45) is -0.515. The van der Waals surface area contributed by atoms with Gasteiger partial charge in [-0.3, -0.25) is 4.79 Å². The molecule has 0 aliphatic heterocycles. The van der Waals surface area contributed by atoms with Crippen molar-refractivity contribution in [2.24, 2.45) is 0 Å². The summed E-state index contributed by atoms with van der Waals surface area (Å²) < 4.78 is 6.10. The number of amides is 1. The van der Waals surface area contributed by atoms with E-state index in [2.05, 4.69) is 21.2 Å². The highest BCUT2D eigenvalue weighted by atomic mass is 79.9. The highest BCUT2D eigenvalue weighted by molar-refractivity contribution is 9.10. The first-order valence-corrected chi connectivity index (χ1v) is 7.17. The molecular weight excluding hydrogens is 350 g/mol. The first-order valence-electron chi connectivity index (χ1n) is 6.00. The van der Waals surface area contributed by atoms with E-state index in [9.17, 15) is 9.59 Å².